The van der Waals surface area contributed by atoms with Crippen LogP contribution < -0.4 is 5.32 Å². The third-order valence-electron chi connectivity index (χ3n) is 3.09. The van der Waals surface area contributed by atoms with E-state index in [1.807, 2.05) is 0 Å². The van der Waals surface area contributed by atoms with Gasteiger partial charge in [-0.3, -0.25) is 0 Å². The minimum Gasteiger partial charge on any atom is -0.316 e. The van der Waals surface area contributed by atoms with Crippen molar-refractivity contribution in [3.05, 3.63) is 33.4 Å². The average Bonchev–Trinajstić information content (AvgIpc) is 2.50. The molecule has 1 saturated heterocycles. The Morgan fingerprint density at radius 1 is 1.20 bits per heavy atom. The van der Waals surface area contributed by atoms with Crippen molar-refractivity contribution in [2.24, 2.45) is 5.92 Å². The molecule has 1 aromatic carbocycles. The largest absolute Gasteiger partial charge is 0.316 e. The highest BCUT2D eigenvalue weighted by molar-refractivity contribution is 14.1. The zero-order valence-electron chi connectivity index (χ0n) is 9.01. The molecular weight excluding hydrogens is 297 g/mol. The van der Waals surface area contributed by atoms with Crippen LogP contribution in [-0.2, 0) is 6.42 Å². The van der Waals surface area contributed by atoms with Crippen LogP contribution in [0.3, 0.4) is 0 Å². The van der Waals surface area contributed by atoms with Gasteiger partial charge in [-0.2, -0.15) is 0 Å². The number of hydrogen-bond donors (Lipinski definition) is 1. The van der Waals surface area contributed by atoms with E-state index in [1.54, 1.807) is 0 Å². The molecule has 0 bridgehead atoms. The van der Waals surface area contributed by atoms with Gasteiger partial charge in [0.15, 0.2) is 0 Å². The van der Waals surface area contributed by atoms with Crippen molar-refractivity contribution in [2.75, 3.05) is 13.1 Å². The Hall–Kier alpha value is -0.0900. The summed E-state index contributed by atoms with van der Waals surface area (Å²) in [6.45, 7) is 2.41. The van der Waals surface area contributed by atoms with Crippen molar-refractivity contribution in [3.63, 3.8) is 0 Å². The average molecular weight is 315 g/mol. The molecule has 0 radical (unpaired) electrons. The van der Waals surface area contributed by atoms with Gasteiger partial charge in [0.1, 0.15) is 0 Å². The first kappa shape index (κ1) is 11.4. The zero-order chi connectivity index (χ0) is 10.5. The Labute approximate surface area is 106 Å². The molecular formula is C13H18IN. The van der Waals surface area contributed by atoms with E-state index in [2.05, 4.69) is 52.2 Å². The Balaban J connectivity index is 1.92. The first-order chi connectivity index (χ1) is 7.34. The van der Waals surface area contributed by atoms with E-state index in [1.165, 1.54) is 47.9 Å². The summed E-state index contributed by atoms with van der Waals surface area (Å²) in [7, 11) is 0. The Morgan fingerprint density at radius 3 is 2.80 bits per heavy atom. The van der Waals surface area contributed by atoms with Crippen molar-refractivity contribution in [1.29, 1.82) is 0 Å². The van der Waals surface area contributed by atoms with Crippen LogP contribution >= 0.6 is 22.6 Å². The summed E-state index contributed by atoms with van der Waals surface area (Å²) in [6, 6.07) is 8.96. The van der Waals surface area contributed by atoms with Gasteiger partial charge in [-0.25, -0.2) is 0 Å². The van der Waals surface area contributed by atoms with Crippen LogP contribution in [0.1, 0.15) is 24.8 Å². The molecule has 15 heavy (non-hydrogen) atoms. The SMILES string of the molecule is Ic1ccc(CC2CCCCNC2)cc1. The second kappa shape index (κ2) is 5.85. The van der Waals surface area contributed by atoms with E-state index in [-0.39, 0.29) is 0 Å². The van der Waals surface area contributed by atoms with Gasteiger partial charge in [-0.15, -0.1) is 0 Å². The molecule has 0 spiro atoms. The molecule has 1 aliphatic heterocycles. The summed E-state index contributed by atoms with van der Waals surface area (Å²) in [5.74, 6) is 0.840. The molecule has 1 fully saturated rings. The van der Waals surface area contributed by atoms with Crippen LogP contribution in [0.15, 0.2) is 24.3 Å². The van der Waals surface area contributed by atoms with Gasteiger partial charge >= 0.3 is 0 Å². The normalized spacial score (nSPS) is 22.3. The molecule has 2 rings (SSSR count). The van der Waals surface area contributed by atoms with Crippen LogP contribution in [0.25, 0.3) is 0 Å². The van der Waals surface area contributed by atoms with Crippen LogP contribution in [0.5, 0.6) is 0 Å². The molecule has 1 nitrogen and oxygen atoms in total. The first-order valence-corrected chi connectivity index (χ1v) is 6.87. The third kappa shape index (κ3) is 3.76. The summed E-state index contributed by atoms with van der Waals surface area (Å²) in [4.78, 5) is 0. The van der Waals surface area contributed by atoms with Gasteiger partial charge in [-0.05, 0) is 78.6 Å². The quantitative estimate of drug-likeness (QED) is 0.826. The van der Waals surface area contributed by atoms with Gasteiger partial charge in [0.25, 0.3) is 0 Å². The number of benzene rings is 1. The number of hydrogen-bond acceptors (Lipinski definition) is 1. The molecule has 1 aromatic rings. The summed E-state index contributed by atoms with van der Waals surface area (Å²) in [5.41, 5.74) is 1.49. The minimum atomic E-state index is 0.840. The van der Waals surface area contributed by atoms with E-state index in [4.69, 9.17) is 0 Å². The molecule has 0 aromatic heterocycles. The fourth-order valence-corrected chi connectivity index (χ4v) is 2.58. The van der Waals surface area contributed by atoms with Crippen LogP contribution in [0.4, 0.5) is 0 Å². The van der Waals surface area contributed by atoms with Crippen LogP contribution in [0.2, 0.25) is 0 Å². The molecule has 1 aliphatic rings. The van der Waals surface area contributed by atoms with Crippen molar-refractivity contribution in [1.82, 2.24) is 5.32 Å². The Morgan fingerprint density at radius 2 is 2.00 bits per heavy atom. The van der Waals surface area contributed by atoms with Gasteiger partial charge < -0.3 is 5.32 Å². The lowest BCUT2D eigenvalue weighted by Crippen LogP contribution is -2.21. The number of nitrogens with one attached hydrogen (secondary N) is 1. The van der Waals surface area contributed by atoms with Crippen molar-refractivity contribution < 1.29 is 0 Å². The second-order valence-electron chi connectivity index (χ2n) is 4.40. The lowest BCUT2D eigenvalue weighted by molar-refractivity contribution is 0.477. The van der Waals surface area contributed by atoms with Gasteiger partial charge in [0.2, 0.25) is 0 Å². The Kier molecular flexibility index (Phi) is 4.44. The molecule has 82 valence electrons. The molecule has 0 aliphatic carbocycles. The third-order valence-corrected chi connectivity index (χ3v) is 3.81. The minimum absolute atomic E-state index is 0.840. The lowest BCUT2D eigenvalue weighted by atomic mass is 9.95. The molecule has 1 N–H and O–H groups in total. The predicted molar refractivity (Wildman–Crippen MR) is 73.1 cm³/mol. The number of halogens is 1. The lowest BCUT2D eigenvalue weighted by Gasteiger charge is -2.13. The molecule has 2 heteroatoms. The molecule has 0 amide bonds. The van der Waals surface area contributed by atoms with E-state index in [9.17, 15) is 0 Å². The van der Waals surface area contributed by atoms with Crippen LogP contribution in [0, 0.1) is 9.49 Å². The second-order valence-corrected chi connectivity index (χ2v) is 5.64. The first-order valence-electron chi connectivity index (χ1n) is 5.80. The van der Waals surface area contributed by atoms with E-state index < -0.39 is 0 Å². The van der Waals surface area contributed by atoms with Gasteiger partial charge in [0, 0.05) is 3.57 Å². The van der Waals surface area contributed by atoms with Gasteiger partial charge in [0.05, 0.1) is 0 Å². The fourth-order valence-electron chi connectivity index (χ4n) is 2.22. The molecule has 1 unspecified atom stereocenters. The topological polar surface area (TPSA) is 12.0 Å². The Bertz CT molecular complexity index is 286. The summed E-state index contributed by atoms with van der Waals surface area (Å²) in [6.07, 6.45) is 5.37. The summed E-state index contributed by atoms with van der Waals surface area (Å²) < 4.78 is 1.33. The maximum Gasteiger partial charge on any atom is 0.0130 e. The van der Waals surface area contributed by atoms with E-state index in [0.717, 1.165) is 5.92 Å². The fraction of sp³-hybridized carbons (Fsp3) is 0.538. The smallest absolute Gasteiger partial charge is 0.0130 e. The zero-order valence-corrected chi connectivity index (χ0v) is 11.2. The highest BCUT2D eigenvalue weighted by atomic mass is 127. The van der Waals surface area contributed by atoms with Crippen molar-refractivity contribution >= 4 is 22.6 Å². The molecule has 1 heterocycles. The monoisotopic (exact) mass is 315 g/mol. The molecule has 0 saturated carbocycles. The standard InChI is InChI=1S/C13H18IN/c14-13-6-4-11(5-7-13)9-12-3-1-2-8-15-10-12/h4-7,12,15H,1-3,8-10H2. The highest BCUT2D eigenvalue weighted by Crippen LogP contribution is 2.17. The number of rotatable bonds is 2. The highest BCUT2D eigenvalue weighted by Gasteiger charge is 2.11. The summed E-state index contributed by atoms with van der Waals surface area (Å²) in [5, 5.41) is 3.53. The van der Waals surface area contributed by atoms with E-state index >= 15 is 0 Å². The van der Waals surface area contributed by atoms with Crippen LogP contribution in [-0.4, -0.2) is 13.1 Å². The van der Waals surface area contributed by atoms with Crippen molar-refractivity contribution in [3.8, 4) is 0 Å². The predicted octanol–water partition coefficient (Wildman–Crippen LogP) is 3.22. The van der Waals surface area contributed by atoms with Crippen molar-refractivity contribution in [2.45, 2.75) is 25.7 Å². The van der Waals surface area contributed by atoms with Gasteiger partial charge in [-0.1, -0.05) is 18.6 Å². The molecule has 1 atom stereocenters. The maximum atomic E-state index is 3.53. The maximum absolute atomic E-state index is 3.53. The summed E-state index contributed by atoms with van der Waals surface area (Å²) >= 11 is 2.36. The van der Waals surface area contributed by atoms with E-state index in [0.29, 0.717) is 0 Å².